The molecule has 0 saturated carbocycles. The van der Waals surface area contributed by atoms with Crippen LogP contribution in [0.25, 0.3) is 0 Å². The zero-order valence-electron chi connectivity index (χ0n) is 10.6. The molecule has 1 atom stereocenters. The van der Waals surface area contributed by atoms with Crippen LogP contribution in [0.4, 0.5) is 13.2 Å². The standard InChI is InChI=1S/C14H18F3N/c1-10(2)9-13(7-8-18-13)11-3-5-12(6-4-11)14(15,16)17/h3-6,10,18H,7-9H2,1-2H3. The van der Waals surface area contributed by atoms with Gasteiger partial charge in [-0.05, 0) is 43.0 Å². The summed E-state index contributed by atoms with van der Waals surface area (Å²) < 4.78 is 37.5. The first-order valence-electron chi connectivity index (χ1n) is 6.26. The van der Waals surface area contributed by atoms with Crippen LogP contribution < -0.4 is 5.32 Å². The predicted octanol–water partition coefficient (Wildman–Crippen LogP) is 3.94. The van der Waals surface area contributed by atoms with E-state index in [4.69, 9.17) is 0 Å². The molecule has 0 aromatic heterocycles. The van der Waals surface area contributed by atoms with Gasteiger partial charge in [-0.15, -0.1) is 0 Å². The Morgan fingerprint density at radius 1 is 1.22 bits per heavy atom. The zero-order chi connectivity index (χ0) is 13.4. The van der Waals surface area contributed by atoms with Gasteiger partial charge >= 0.3 is 6.18 Å². The number of nitrogens with one attached hydrogen (secondary N) is 1. The van der Waals surface area contributed by atoms with Crippen LogP contribution in [-0.2, 0) is 11.7 Å². The molecular weight excluding hydrogens is 239 g/mol. The van der Waals surface area contributed by atoms with Crippen molar-refractivity contribution in [3.05, 3.63) is 35.4 Å². The summed E-state index contributed by atoms with van der Waals surface area (Å²) >= 11 is 0. The minimum atomic E-state index is -4.25. The Morgan fingerprint density at radius 2 is 1.78 bits per heavy atom. The molecule has 4 heteroatoms. The van der Waals surface area contributed by atoms with Gasteiger partial charge in [-0.2, -0.15) is 13.2 Å². The van der Waals surface area contributed by atoms with Crippen LogP contribution in [0.5, 0.6) is 0 Å². The number of hydrogen-bond acceptors (Lipinski definition) is 1. The Hall–Kier alpha value is -1.03. The lowest BCUT2D eigenvalue weighted by Gasteiger charge is -2.45. The van der Waals surface area contributed by atoms with E-state index in [1.165, 1.54) is 12.1 Å². The molecule has 1 aromatic rings. The van der Waals surface area contributed by atoms with E-state index in [0.29, 0.717) is 5.92 Å². The second kappa shape index (κ2) is 4.57. The van der Waals surface area contributed by atoms with Crippen molar-refractivity contribution < 1.29 is 13.2 Å². The summed E-state index contributed by atoms with van der Waals surface area (Å²) in [5.74, 6) is 0.514. The fourth-order valence-corrected chi connectivity index (χ4v) is 2.64. The van der Waals surface area contributed by atoms with Gasteiger partial charge in [0, 0.05) is 5.54 Å². The molecule has 1 N–H and O–H groups in total. The van der Waals surface area contributed by atoms with Crippen molar-refractivity contribution in [1.82, 2.24) is 5.32 Å². The maximum atomic E-state index is 12.5. The van der Waals surface area contributed by atoms with Crippen LogP contribution in [0, 0.1) is 5.92 Å². The lowest BCUT2D eigenvalue weighted by atomic mass is 9.75. The van der Waals surface area contributed by atoms with E-state index in [1.54, 1.807) is 12.1 Å². The molecule has 1 aliphatic rings. The molecule has 1 saturated heterocycles. The minimum absolute atomic E-state index is 0.113. The van der Waals surface area contributed by atoms with E-state index < -0.39 is 11.7 Å². The summed E-state index contributed by atoms with van der Waals surface area (Å²) in [5, 5.41) is 3.38. The highest BCUT2D eigenvalue weighted by Crippen LogP contribution is 2.38. The van der Waals surface area contributed by atoms with Gasteiger partial charge in [0.2, 0.25) is 0 Å². The summed E-state index contributed by atoms with van der Waals surface area (Å²) in [4.78, 5) is 0. The summed E-state index contributed by atoms with van der Waals surface area (Å²) in [5.41, 5.74) is 0.277. The van der Waals surface area contributed by atoms with E-state index >= 15 is 0 Å². The highest BCUT2D eigenvalue weighted by molar-refractivity contribution is 5.31. The van der Waals surface area contributed by atoms with Crippen molar-refractivity contribution in [2.24, 2.45) is 5.92 Å². The molecule has 1 unspecified atom stereocenters. The van der Waals surface area contributed by atoms with Crippen LogP contribution in [-0.4, -0.2) is 6.54 Å². The highest BCUT2D eigenvalue weighted by Gasteiger charge is 2.39. The second-order valence-electron chi connectivity index (χ2n) is 5.43. The van der Waals surface area contributed by atoms with Gasteiger partial charge < -0.3 is 5.32 Å². The molecule has 0 bridgehead atoms. The van der Waals surface area contributed by atoms with Crippen LogP contribution in [0.15, 0.2) is 24.3 Å². The average molecular weight is 257 g/mol. The van der Waals surface area contributed by atoms with Crippen molar-refractivity contribution in [1.29, 1.82) is 0 Å². The van der Waals surface area contributed by atoms with Gasteiger partial charge in [0.05, 0.1) is 5.56 Å². The van der Waals surface area contributed by atoms with Crippen molar-refractivity contribution >= 4 is 0 Å². The molecule has 18 heavy (non-hydrogen) atoms. The second-order valence-corrected chi connectivity index (χ2v) is 5.43. The summed E-state index contributed by atoms with van der Waals surface area (Å²) in [6, 6.07) is 5.57. The first kappa shape index (κ1) is 13.4. The first-order chi connectivity index (χ1) is 8.33. The third-order valence-corrected chi connectivity index (χ3v) is 3.54. The van der Waals surface area contributed by atoms with Crippen molar-refractivity contribution in [3.8, 4) is 0 Å². The Labute approximate surface area is 105 Å². The van der Waals surface area contributed by atoms with Crippen molar-refractivity contribution in [2.75, 3.05) is 6.54 Å². The van der Waals surface area contributed by atoms with Crippen LogP contribution in [0.1, 0.15) is 37.8 Å². The molecule has 1 aliphatic heterocycles. The van der Waals surface area contributed by atoms with Gasteiger partial charge in [-0.3, -0.25) is 0 Å². The molecule has 0 spiro atoms. The quantitative estimate of drug-likeness (QED) is 0.864. The molecule has 100 valence electrons. The lowest BCUT2D eigenvalue weighted by molar-refractivity contribution is -0.137. The fourth-order valence-electron chi connectivity index (χ4n) is 2.64. The number of rotatable bonds is 3. The Kier molecular flexibility index (Phi) is 3.41. The van der Waals surface area contributed by atoms with Crippen LogP contribution in [0.3, 0.4) is 0 Å². The number of halogens is 3. The molecule has 0 radical (unpaired) electrons. The van der Waals surface area contributed by atoms with Crippen LogP contribution >= 0.6 is 0 Å². The Balaban J connectivity index is 2.23. The summed E-state index contributed by atoms with van der Waals surface area (Å²) in [7, 11) is 0. The number of benzene rings is 1. The fraction of sp³-hybridized carbons (Fsp3) is 0.571. The Morgan fingerprint density at radius 3 is 2.11 bits per heavy atom. The smallest absolute Gasteiger partial charge is 0.307 e. The molecule has 1 aromatic carbocycles. The lowest BCUT2D eigenvalue weighted by Crippen LogP contribution is -2.54. The monoisotopic (exact) mass is 257 g/mol. The number of hydrogen-bond donors (Lipinski definition) is 1. The normalized spacial score (nSPS) is 24.1. The molecule has 1 nitrogen and oxygen atoms in total. The van der Waals surface area contributed by atoms with E-state index in [1.807, 2.05) is 0 Å². The van der Waals surface area contributed by atoms with E-state index in [-0.39, 0.29) is 5.54 Å². The third kappa shape index (κ3) is 2.53. The number of alkyl halides is 3. The largest absolute Gasteiger partial charge is 0.416 e. The molecule has 0 aliphatic carbocycles. The molecule has 0 amide bonds. The summed E-state index contributed by atoms with van der Waals surface area (Å²) in [6.45, 7) is 5.20. The molecular formula is C14H18F3N. The minimum Gasteiger partial charge on any atom is -0.307 e. The average Bonchev–Trinajstić information content (AvgIpc) is 2.22. The predicted molar refractivity (Wildman–Crippen MR) is 65.2 cm³/mol. The molecule has 1 fully saturated rings. The molecule has 1 heterocycles. The Bertz CT molecular complexity index is 402. The topological polar surface area (TPSA) is 12.0 Å². The van der Waals surface area contributed by atoms with Gasteiger partial charge in [0.25, 0.3) is 0 Å². The van der Waals surface area contributed by atoms with Crippen LogP contribution in [0.2, 0.25) is 0 Å². The maximum Gasteiger partial charge on any atom is 0.416 e. The van der Waals surface area contributed by atoms with Gasteiger partial charge in [-0.25, -0.2) is 0 Å². The van der Waals surface area contributed by atoms with Crippen molar-refractivity contribution in [3.63, 3.8) is 0 Å². The SMILES string of the molecule is CC(C)CC1(c2ccc(C(F)(F)F)cc2)CCN1. The van der Waals surface area contributed by atoms with Gasteiger partial charge in [0.1, 0.15) is 0 Å². The molecule has 2 rings (SSSR count). The third-order valence-electron chi connectivity index (χ3n) is 3.54. The van der Waals surface area contributed by atoms with E-state index in [9.17, 15) is 13.2 Å². The van der Waals surface area contributed by atoms with Gasteiger partial charge in [0.15, 0.2) is 0 Å². The maximum absolute atomic E-state index is 12.5. The zero-order valence-corrected chi connectivity index (χ0v) is 10.6. The van der Waals surface area contributed by atoms with Crippen molar-refractivity contribution in [2.45, 2.75) is 38.4 Å². The van der Waals surface area contributed by atoms with Gasteiger partial charge in [-0.1, -0.05) is 26.0 Å². The van der Waals surface area contributed by atoms with E-state index in [0.717, 1.165) is 24.9 Å². The van der Waals surface area contributed by atoms with E-state index in [2.05, 4.69) is 19.2 Å². The highest BCUT2D eigenvalue weighted by atomic mass is 19.4. The first-order valence-corrected chi connectivity index (χ1v) is 6.26. The summed E-state index contributed by atoms with van der Waals surface area (Å²) in [6.07, 6.45) is -2.30.